The Kier molecular flexibility index (Phi) is 4.75. The van der Waals surface area contributed by atoms with E-state index in [0.717, 1.165) is 19.6 Å². The van der Waals surface area contributed by atoms with E-state index in [2.05, 4.69) is 37.4 Å². The Morgan fingerprint density at radius 1 is 1.27 bits per heavy atom. The van der Waals surface area contributed by atoms with Crippen LogP contribution in [0.2, 0.25) is 0 Å². The molecule has 1 aliphatic heterocycles. The first-order chi connectivity index (χ1) is 12.8. The molecule has 4 rings (SSSR count). The molecular formula is C18H22FN7. The third kappa shape index (κ3) is 3.24. The zero-order valence-corrected chi connectivity index (χ0v) is 14.8. The lowest BCUT2D eigenvalue weighted by Crippen LogP contribution is -2.34. The summed E-state index contributed by atoms with van der Waals surface area (Å²) in [6.07, 6.45) is 3.92. The maximum atomic E-state index is 13.9. The largest absolute Gasteiger partial charge is 0.366 e. The summed E-state index contributed by atoms with van der Waals surface area (Å²) in [5.74, 6) is 0.419. The number of aromatic nitrogens is 5. The molecule has 1 saturated heterocycles. The van der Waals surface area contributed by atoms with Crippen LogP contribution < -0.4 is 5.32 Å². The van der Waals surface area contributed by atoms with Crippen molar-refractivity contribution >= 4 is 17.0 Å². The molecule has 1 aromatic carbocycles. The van der Waals surface area contributed by atoms with Crippen molar-refractivity contribution < 1.29 is 4.39 Å². The fourth-order valence-corrected chi connectivity index (χ4v) is 3.57. The van der Waals surface area contributed by atoms with Gasteiger partial charge in [0.05, 0.1) is 6.54 Å². The van der Waals surface area contributed by atoms with Gasteiger partial charge < -0.3 is 5.32 Å². The van der Waals surface area contributed by atoms with Crippen LogP contribution in [0, 0.1) is 5.82 Å². The molecule has 3 heterocycles. The maximum Gasteiger partial charge on any atom is 0.184 e. The van der Waals surface area contributed by atoms with Crippen LogP contribution >= 0.6 is 0 Å². The number of nitrogens with one attached hydrogen (secondary N) is 1. The van der Waals surface area contributed by atoms with Crippen LogP contribution in [-0.2, 0) is 6.54 Å². The van der Waals surface area contributed by atoms with E-state index in [4.69, 9.17) is 0 Å². The first kappa shape index (κ1) is 16.8. The van der Waals surface area contributed by atoms with Crippen molar-refractivity contribution in [1.82, 2.24) is 29.9 Å². The summed E-state index contributed by atoms with van der Waals surface area (Å²) in [5, 5.41) is 11.8. The van der Waals surface area contributed by atoms with E-state index in [0.29, 0.717) is 28.6 Å². The number of benzene rings is 1. The van der Waals surface area contributed by atoms with E-state index in [1.807, 2.05) is 0 Å². The molecule has 1 fully saturated rings. The van der Waals surface area contributed by atoms with Gasteiger partial charge in [0.1, 0.15) is 12.1 Å². The molecule has 0 spiro atoms. The summed E-state index contributed by atoms with van der Waals surface area (Å²) in [7, 11) is 0. The number of nitrogens with zero attached hydrogens (tertiary/aromatic N) is 6. The SMILES string of the molecule is CCN1CCCC1CNc1ncnc2c1nnn2Cc1ccccc1F. The third-order valence-corrected chi connectivity index (χ3v) is 4.99. The molecule has 0 aliphatic carbocycles. The summed E-state index contributed by atoms with van der Waals surface area (Å²) in [5.41, 5.74) is 1.77. The van der Waals surface area contributed by atoms with Gasteiger partial charge in [-0.2, -0.15) is 0 Å². The summed E-state index contributed by atoms with van der Waals surface area (Å²) < 4.78 is 15.5. The third-order valence-electron chi connectivity index (χ3n) is 4.99. The minimum atomic E-state index is -0.260. The first-order valence-electron chi connectivity index (χ1n) is 9.01. The zero-order valence-electron chi connectivity index (χ0n) is 14.8. The number of hydrogen-bond donors (Lipinski definition) is 1. The Labute approximate surface area is 151 Å². The Morgan fingerprint density at radius 2 is 2.15 bits per heavy atom. The van der Waals surface area contributed by atoms with Crippen LogP contribution in [0.3, 0.4) is 0 Å². The fourth-order valence-electron chi connectivity index (χ4n) is 3.57. The van der Waals surface area contributed by atoms with Gasteiger partial charge in [0.25, 0.3) is 0 Å². The highest BCUT2D eigenvalue weighted by atomic mass is 19.1. The molecule has 26 heavy (non-hydrogen) atoms. The van der Waals surface area contributed by atoms with Crippen LogP contribution in [-0.4, -0.2) is 55.5 Å². The van der Waals surface area contributed by atoms with Crippen molar-refractivity contribution in [3.8, 4) is 0 Å². The molecule has 1 unspecified atom stereocenters. The second-order valence-electron chi connectivity index (χ2n) is 6.54. The smallest absolute Gasteiger partial charge is 0.184 e. The van der Waals surface area contributed by atoms with Crippen molar-refractivity contribution in [1.29, 1.82) is 0 Å². The summed E-state index contributed by atoms with van der Waals surface area (Å²) in [4.78, 5) is 11.1. The molecule has 0 saturated carbocycles. The van der Waals surface area contributed by atoms with Crippen molar-refractivity contribution in [3.05, 3.63) is 42.0 Å². The van der Waals surface area contributed by atoms with Gasteiger partial charge in [-0.3, -0.25) is 4.90 Å². The van der Waals surface area contributed by atoms with Gasteiger partial charge in [-0.25, -0.2) is 19.0 Å². The van der Waals surface area contributed by atoms with Crippen LogP contribution in [0.4, 0.5) is 10.2 Å². The lowest BCUT2D eigenvalue weighted by atomic mass is 10.2. The molecule has 1 N–H and O–H groups in total. The summed E-state index contributed by atoms with van der Waals surface area (Å²) >= 11 is 0. The van der Waals surface area contributed by atoms with E-state index in [1.165, 1.54) is 25.2 Å². The van der Waals surface area contributed by atoms with Crippen molar-refractivity contribution in [2.75, 3.05) is 25.0 Å². The quantitative estimate of drug-likeness (QED) is 0.732. The Morgan fingerprint density at radius 3 is 3.00 bits per heavy atom. The number of rotatable bonds is 6. The zero-order chi connectivity index (χ0) is 17.9. The maximum absolute atomic E-state index is 13.9. The number of anilines is 1. The van der Waals surface area contributed by atoms with Crippen molar-refractivity contribution in [3.63, 3.8) is 0 Å². The average molecular weight is 355 g/mol. The van der Waals surface area contributed by atoms with E-state index in [9.17, 15) is 4.39 Å². The average Bonchev–Trinajstić information content (AvgIpc) is 3.29. The van der Waals surface area contributed by atoms with Gasteiger partial charge >= 0.3 is 0 Å². The molecule has 2 aromatic heterocycles. The van der Waals surface area contributed by atoms with E-state index < -0.39 is 0 Å². The highest BCUT2D eigenvalue weighted by Crippen LogP contribution is 2.20. The van der Waals surface area contributed by atoms with Crippen LogP contribution in [0.5, 0.6) is 0 Å². The molecule has 0 bridgehead atoms. The minimum absolute atomic E-state index is 0.260. The number of likely N-dealkylation sites (N-methyl/N-ethyl adjacent to an activating group) is 1. The van der Waals surface area contributed by atoms with Gasteiger partial charge in [-0.1, -0.05) is 30.3 Å². The van der Waals surface area contributed by atoms with Gasteiger partial charge in [-0.15, -0.1) is 5.10 Å². The molecule has 0 amide bonds. The van der Waals surface area contributed by atoms with Crippen LogP contribution in [0.25, 0.3) is 11.2 Å². The van der Waals surface area contributed by atoms with Gasteiger partial charge in [0.15, 0.2) is 17.0 Å². The minimum Gasteiger partial charge on any atom is -0.366 e. The predicted molar refractivity (Wildman–Crippen MR) is 97.4 cm³/mol. The number of fused-ring (bicyclic) bond motifs is 1. The van der Waals surface area contributed by atoms with Crippen LogP contribution in [0.15, 0.2) is 30.6 Å². The highest BCUT2D eigenvalue weighted by molar-refractivity contribution is 5.81. The highest BCUT2D eigenvalue weighted by Gasteiger charge is 2.23. The predicted octanol–water partition coefficient (Wildman–Crippen LogP) is 2.30. The topological polar surface area (TPSA) is 71.8 Å². The summed E-state index contributed by atoms with van der Waals surface area (Å²) in [6, 6.07) is 7.17. The second-order valence-corrected chi connectivity index (χ2v) is 6.54. The van der Waals surface area contributed by atoms with E-state index in [1.54, 1.807) is 22.9 Å². The molecule has 1 aliphatic rings. The second kappa shape index (κ2) is 7.33. The molecule has 1 atom stereocenters. The van der Waals surface area contributed by atoms with E-state index in [-0.39, 0.29) is 12.4 Å². The van der Waals surface area contributed by atoms with E-state index >= 15 is 0 Å². The number of hydrogen-bond acceptors (Lipinski definition) is 6. The van der Waals surface area contributed by atoms with Crippen molar-refractivity contribution in [2.24, 2.45) is 0 Å². The van der Waals surface area contributed by atoms with Crippen molar-refractivity contribution in [2.45, 2.75) is 32.4 Å². The van der Waals surface area contributed by atoms with Gasteiger partial charge in [-0.05, 0) is 32.0 Å². The lowest BCUT2D eigenvalue weighted by molar-refractivity contribution is 0.277. The van der Waals surface area contributed by atoms with Crippen LogP contribution in [0.1, 0.15) is 25.3 Å². The molecule has 136 valence electrons. The number of likely N-dealkylation sites (tertiary alicyclic amines) is 1. The summed E-state index contributed by atoms with van der Waals surface area (Å²) in [6.45, 7) is 5.51. The molecule has 0 radical (unpaired) electrons. The Balaban J connectivity index is 1.54. The monoisotopic (exact) mass is 355 g/mol. The Hall–Kier alpha value is -2.61. The van der Waals surface area contributed by atoms with Gasteiger partial charge in [0, 0.05) is 18.2 Å². The molecule has 7 nitrogen and oxygen atoms in total. The first-order valence-corrected chi connectivity index (χ1v) is 9.01. The fraction of sp³-hybridized carbons (Fsp3) is 0.444. The molecule has 3 aromatic rings. The lowest BCUT2D eigenvalue weighted by Gasteiger charge is -2.23. The normalized spacial score (nSPS) is 17.8. The standard InChI is InChI=1S/C18H22FN7/c1-2-25-9-5-7-14(25)10-20-17-16-18(22-12-21-17)26(24-23-16)11-13-6-3-4-8-15(13)19/h3-4,6,8,12,14H,2,5,7,9-11H2,1H3,(H,20,21,22). The Bertz CT molecular complexity index is 894. The number of halogens is 1. The molecular weight excluding hydrogens is 333 g/mol. The van der Waals surface area contributed by atoms with Gasteiger partial charge in [0.2, 0.25) is 0 Å². The molecule has 8 heteroatoms.